The Morgan fingerprint density at radius 1 is 1.02 bits per heavy atom. The number of hydrogen-bond acceptors (Lipinski definition) is 9. The van der Waals surface area contributed by atoms with Crippen molar-refractivity contribution in [3.05, 3.63) is 77.6 Å². The Bertz CT molecular complexity index is 1800. The van der Waals surface area contributed by atoms with Crippen LogP contribution in [0.25, 0.3) is 33.7 Å². The number of carbonyl (C=O) groups excluding carboxylic acids is 2. The largest absolute Gasteiger partial charge is 0.392 e. The van der Waals surface area contributed by atoms with Gasteiger partial charge in [0.05, 0.1) is 25.3 Å². The third kappa shape index (κ3) is 5.62. The summed E-state index contributed by atoms with van der Waals surface area (Å²) < 4.78 is 10.6. The van der Waals surface area contributed by atoms with Crippen molar-refractivity contribution in [2.24, 2.45) is 0 Å². The number of imidazole rings is 1. The van der Waals surface area contributed by atoms with Crippen molar-refractivity contribution < 1.29 is 24.0 Å². The van der Waals surface area contributed by atoms with Crippen LogP contribution in [0.15, 0.2) is 59.3 Å². The summed E-state index contributed by atoms with van der Waals surface area (Å²) in [5.74, 6) is 0.260. The minimum absolute atomic E-state index is 0.0270. The second-order valence-electron chi connectivity index (χ2n) is 11.2. The molecule has 6 rings (SSSR count). The van der Waals surface area contributed by atoms with Crippen LogP contribution in [0.1, 0.15) is 53.2 Å². The third-order valence-corrected chi connectivity index (χ3v) is 7.24. The van der Waals surface area contributed by atoms with E-state index in [4.69, 9.17) is 9.26 Å². The van der Waals surface area contributed by atoms with Gasteiger partial charge in [0.25, 0.3) is 17.6 Å². The molecule has 1 aliphatic heterocycles. The molecule has 0 bridgehead atoms. The Balaban J connectivity index is 1.29. The predicted octanol–water partition coefficient (Wildman–Crippen LogP) is 4.19. The number of nitrogens with one attached hydrogen (secondary N) is 2. The number of aliphatic hydroxyl groups excluding tert-OH is 1. The summed E-state index contributed by atoms with van der Waals surface area (Å²) in [4.78, 5) is 44.3. The van der Waals surface area contributed by atoms with Crippen molar-refractivity contribution in [1.29, 1.82) is 0 Å². The lowest BCUT2D eigenvalue weighted by atomic mass is 9.97. The molecule has 1 fully saturated rings. The van der Waals surface area contributed by atoms with E-state index in [1.54, 1.807) is 35.4 Å². The number of nitrogens with zero attached hydrogens (tertiary/aromatic N) is 5. The lowest BCUT2D eigenvalue weighted by Gasteiger charge is -2.26. The van der Waals surface area contributed by atoms with E-state index >= 15 is 0 Å². The maximum absolute atomic E-state index is 13.0. The number of benzene rings is 2. The average Bonchev–Trinajstić information content (AvgIpc) is 3.70. The van der Waals surface area contributed by atoms with Gasteiger partial charge in [-0.1, -0.05) is 50.2 Å². The molecule has 220 valence electrons. The summed E-state index contributed by atoms with van der Waals surface area (Å²) in [7, 11) is 0. The van der Waals surface area contributed by atoms with Crippen molar-refractivity contribution in [3.8, 4) is 22.5 Å². The monoisotopic (exact) mass is 581 g/mol. The zero-order valence-corrected chi connectivity index (χ0v) is 24.0. The zero-order chi connectivity index (χ0) is 30.1. The quantitative estimate of drug-likeness (QED) is 0.267. The molecule has 2 aromatic carbocycles. The van der Waals surface area contributed by atoms with Crippen LogP contribution < -0.4 is 5.32 Å². The Hall–Kier alpha value is -4.94. The molecule has 0 saturated carbocycles. The third-order valence-electron chi connectivity index (χ3n) is 7.24. The van der Waals surface area contributed by atoms with Crippen LogP contribution in [0.5, 0.6) is 0 Å². The molecule has 1 aliphatic rings. The summed E-state index contributed by atoms with van der Waals surface area (Å²) in [5.41, 5.74) is 4.50. The van der Waals surface area contributed by atoms with E-state index in [-0.39, 0.29) is 18.3 Å². The summed E-state index contributed by atoms with van der Waals surface area (Å²) in [6.07, 6.45) is 1.64. The average molecular weight is 582 g/mol. The Labute approximate surface area is 247 Å². The van der Waals surface area contributed by atoms with Gasteiger partial charge < -0.3 is 29.6 Å². The molecular formula is C31H31N7O5. The summed E-state index contributed by atoms with van der Waals surface area (Å²) in [6, 6.07) is 14.4. The molecule has 3 N–H and O–H groups in total. The van der Waals surface area contributed by atoms with Crippen LogP contribution in [0.4, 0.5) is 5.69 Å². The van der Waals surface area contributed by atoms with Gasteiger partial charge in [-0.05, 0) is 29.8 Å². The molecule has 0 aliphatic carbocycles. The molecule has 43 heavy (non-hydrogen) atoms. The first-order valence-electron chi connectivity index (χ1n) is 13.9. The minimum atomic E-state index is -0.551. The number of hydrogen-bond donors (Lipinski definition) is 3. The van der Waals surface area contributed by atoms with Gasteiger partial charge in [0.1, 0.15) is 5.82 Å². The highest BCUT2D eigenvalue weighted by molar-refractivity contribution is 6.03. The van der Waals surface area contributed by atoms with Crippen LogP contribution in [-0.4, -0.2) is 73.2 Å². The van der Waals surface area contributed by atoms with Gasteiger partial charge in [0.15, 0.2) is 5.65 Å². The van der Waals surface area contributed by atoms with Crippen molar-refractivity contribution in [2.75, 3.05) is 31.6 Å². The maximum Gasteiger partial charge on any atom is 0.297 e. The second kappa shape index (κ2) is 11.4. The van der Waals surface area contributed by atoms with Gasteiger partial charge in [0.2, 0.25) is 5.89 Å². The number of aromatic nitrogens is 5. The molecule has 12 heteroatoms. The number of aliphatic hydroxyl groups is 1. The van der Waals surface area contributed by atoms with Gasteiger partial charge in [0, 0.05) is 52.6 Å². The fourth-order valence-corrected chi connectivity index (χ4v) is 4.92. The first-order chi connectivity index (χ1) is 20.7. The van der Waals surface area contributed by atoms with Crippen LogP contribution in [0.2, 0.25) is 0 Å². The minimum Gasteiger partial charge on any atom is -0.392 e. The summed E-state index contributed by atoms with van der Waals surface area (Å²) in [5, 5.41) is 17.0. The maximum atomic E-state index is 13.0. The standard InChI is InChI=1S/C31H31N7O5/c1-31(2,3)30-36-27(37-43-30)28(40)33-23-6-4-5-20(22(23)17-39)21-11-12-32-26-24(21)34-25(35-26)18-7-9-19(10-8-18)29(41)38-13-15-42-16-14-38/h4-12,39H,13-17H2,1-3H3,(H,33,40)(H,32,34,35). The van der Waals surface area contributed by atoms with Crippen LogP contribution >= 0.6 is 0 Å². The smallest absolute Gasteiger partial charge is 0.297 e. The van der Waals surface area contributed by atoms with Gasteiger partial charge in [-0.25, -0.2) is 9.97 Å². The van der Waals surface area contributed by atoms with E-state index < -0.39 is 11.3 Å². The van der Waals surface area contributed by atoms with Gasteiger partial charge in [-0.3, -0.25) is 9.59 Å². The molecule has 5 aromatic rings. The van der Waals surface area contributed by atoms with Crippen molar-refractivity contribution >= 4 is 28.7 Å². The second-order valence-corrected chi connectivity index (χ2v) is 11.2. The van der Waals surface area contributed by atoms with E-state index in [0.29, 0.717) is 71.6 Å². The number of pyridine rings is 1. The van der Waals surface area contributed by atoms with Gasteiger partial charge >= 0.3 is 0 Å². The molecule has 3 aromatic heterocycles. The molecule has 0 unspecified atom stereocenters. The molecule has 0 atom stereocenters. The first kappa shape index (κ1) is 28.2. The topological polar surface area (TPSA) is 159 Å². The normalized spacial score (nSPS) is 13.8. The van der Waals surface area contributed by atoms with E-state index in [0.717, 1.165) is 11.1 Å². The highest BCUT2D eigenvalue weighted by atomic mass is 16.5. The number of carbonyl (C=O) groups is 2. The van der Waals surface area contributed by atoms with Gasteiger partial charge in [-0.15, -0.1) is 0 Å². The van der Waals surface area contributed by atoms with E-state index in [9.17, 15) is 14.7 Å². The number of amides is 2. The zero-order valence-electron chi connectivity index (χ0n) is 24.0. The number of fused-ring (bicyclic) bond motifs is 1. The number of aromatic amines is 1. The molecule has 4 heterocycles. The molecule has 0 spiro atoms. The highest BCUT2D eigenvalue weighted by Crippen LogP contribution is 2.34. The van der Waals surface area contributed by atoms with E-state index in [1.807, 2.05) is 45.0 Å². The summed E-state index contributed by atoms with van der Waals surface area (Å²) >= 11 is 0. The van der Waals surface area contributed by atoms with Gasteiger partial charge in [-0.2, -0.15) is 4.98 Å². The highest BCUT2D eigenvalue weighted by Gasteiger charge is 2.25. The predicted molar refractivity (Wildman–Crippen MR) is 158 cm³/mol. The molecule has 1 saturated heterocycles. The fraction of sp³-hybridized carbons (Fsp3) is 0.290. The number of rotatable bonds is 6. The Morgan fingerprint density at radius 2 is 1.79 bits per heavy atom. The van der Waals surface area contributed by atoms with Crippen LogP contribution in [0.3, 0.4) is 0 Å². The van der Waals surface area contributed by atoms with E-state index in [1.165, 1.54) is 0 Å². The lowest BCUT2D eigenvalue weighted by molar-refractivity contribution is 0.0303. The molecular weight excluding hydrogens is 550 g/mol. The first-order valence-corrected chi connectivity index (χ1v) is 13.9. The van der Waals surface area contributed by atoms with Crippen molar-refractivity contribution in [2.45, 2.75) is 32.8 Å². The van der Waals surface area contributed by atoms with Crippen LogP contribution in [0, 0.1) is 0 Å². The SMILES string of the molecule is CC(C)(C)c1nc(C(=O)Nc2cccc(-c3ccnc4nc(-c5ccc(C(=O)N6CCOCC6)cc5)[nH]c34)c2CO)no1. The molecule has 2 amide bonds. The Morgan fingerprint density at radius 3 is 2.49 bits per heavy atom. The number of morpholine rings is 1. The fourth-order valence-electron chi connectivity index (χ4n) is 4.92. The Kier molecular flexibility index (Phi) is 7.46. The lowest BCUT2D eigenvalue weighted by Crippen LogP contribution is -2.40. The molecule has 0 radical (unpaired) electrons. The number of anilines is 1. The summed E-state index contributed by atoms with van der Waals surface area (Å²) in [6.45, 7) is 7.64. The van der Waals surface area contributed by atoms with E-state index in [2.05, 4.69) is 30.4 Å². The van der Waals surface area contributed by atoms with Crippen molar-refractivity contribution in [3.63, 3.8) is 0 Å². The number of H-pyrrole nitrogens is 1. The van der Waals surface area contributed by atoms with Crippen LogP contribution in [-0.2, 0) is 16.8 Å². The number of ether oxygens (including phenoxy) is 1. The van der Waals surface area contributed by atoms with Crippen molar-refractivity contribution in [1.82, 2.24) is 30.0 Å². The molecule has 12 nitrogen and oxygen atoms in total.